The van der Waals surface area contributed by atoms with Gasteiger partial charge in [-0.05, 0) is 43.6 Å². The summed E-state index contributed by atoms with van der Waals surface area (Å²) in [5.74, 6) is 2.39. The Balaban J connectivity index is 1.56. The van der Waals surface area contributed by atoms with Crippen LogP contribution in [-0.2, 0) is 6.54 Å². The van der Waals surface area contributed by atoms with Gasteiger partial charge in [-0.15, -0.1) is 11.3 Å². The van der Waals surface area contributed by atoms with Crippen molar-refractivity contribution in [1.82, 2.24) is 14.7 Å². The van der Waals surface area contributed by atoms with Crippen LogP contribution in [0.25, 0.3) is 10.2 Å². The average Bonchev–Trinajstić information content (AvgIpc) is 3.15. The summed E-state index contributed by atoms with van der Waals surface area (Å²) in [7, 11) is 0. The summed E-state index contributed by atoms with van der Waals surface area (Å²) in [6.07, 6.45) is 6.61. The Morgan fingerprint density at radius 2 is 2.04 bits per heavy atom. The number of amides is 1. The van der Waals surface area contributed by atoms with Crippen LogP contribution in [0.3, 0.4) is 0 Å². The highest BCUT2D eigenvalue weighted by Crippen LogP contribution is 2.37. The summed E-state index contributed by atoms with van der Waals surface area (Å²) in [6.45, 7) is 9.27. The van der Waals surface area contributed by atoms with Crippen molar-refractivity contribution in [1.29, 1.82) is 0 Å². The molecular formula is C20H29N3OS. The molecule has 25 heavy (non-hydrogen) atoms. The molecular weight excluding hydrogens is 330 g/mol. The zero-order chi connectivity index (χ0) is 17.6. The third kappa shape index (κ3) is 3.23. The molecule has 1 saturated carbocycles. The van der Waals surface area contributed by atoms with Gasteiger partial charge in [-0.3, -0.25) is 9.48 Å². The second-order valence-corrected chi connectivity index (χ2v) is 9.37. The fourth-order valence-electron chi connectivity index (χ4n) is 4.63. The first-order valence-electron chi connectivity index (χ1n) is 9.79. The minimum Gasteiger partial charge on any atom is -0.338 e. The quantitative estimate of drug-likeness (QED) is 0.795. The topological polar surface area (TPSA) is 38.1 Å². The highest BCUT2D eigenvalue weighted by atomic mass is 32.1. The fraction of sp³-hybridized carbons (Fsp3) is 0.700. The number of fused-ring (bicyclic) bond motifs is 2. The van der Waals surface area contributed by atoms with Gasteiger partial charge in [0.1, 0.15) is 4.83 Å². The van der Waals surface area contributed by atoms with Crippen molar-refractivity contribution in [2.75, 3.05) is 13.1 Å². The Morgan fingerprint density at radius 1 is 1.28 bits per heavy atom. The molecule has 1 amide bonds. The van der Waals surface area contributed by atoms with Crippen LogP contribution in [0, 0.1) is 24.7 Å². The zero-order valence-electron chi connectivity index (χ0n) is 15.6. The summed E-state index contributed by atoms with van der Waals surface area (Å²) in [6, 6.07) is 2.08. The smallest absolute Gasteiger partial charge is 0.264 e. The largest absolute Gasteiger partial charge is 0.338 e. The van der Waals surface area contributed by atoms with E-state index in [1.165, 1.54) is 32.1 Å². The van der Waals surface area contributed by atoms with Crippen molar-refractivity contribution in [3.63, 3.8) is 0 Å². The molecule has 0 bridgehead atoms. The minimum atomic E-state index is 0.237. The SMILES string of the molecule is Cc1nn(CC(C)C)c2sc(C(=O)N3CC[C@@H]4CCCC[C@@H]4C3)cc12. The van der Waals surface area contributed by atoms with Gasteiger partial charge < -0.3 is 4.90 Å². The molecule has 1 saturated heterocycles. The van der Waals surface area contributed by atoms with Crippen molar-refractivity contribution in [3.05, 3.63) is 16.6 Å². The molecule has 5 heteroatoms. The summed E-state index contributed by atoms with van der Waals surface area (Å²) in [5.41, 5.74) is 1.04. The van der Waals surface area contributed by atoms with E-state index in [2.05, 4.69) is 34.6 Å². The molecule has 4 nitrogen and oxygen atoms in total. The molecule has 2 atom stereocenters. The normalized spacial score (nSPS) is 24.1. The predicted molar refractivity (Wildman–Crippen MR) is 103 cm³/mol. The number of hydrogen-bond donors (Lipinski definition) is 0. The van der Waals surface area contributed by atoms with Gasteiger partial charge in [-0.25, -0.2) is 0 Å². The lowest BCUT2D eigenvalue weighted by molar-refractivity contribution is 0.0525. The van der Waals surface area contributed by atoms with Crippen LogP contribution in [0.15, 0.2) is 6.07 Å². The van der Waals surface area contributed by atoms with Crippen molar-refractivity contribution < 1.29 is 4.79 Å². The number of nitrogens with zero attached hydrogens (tertiary/aromatic N) is 3. The number of aryl methyl sites for hydroxylation is 1. The van der Waals surface area contributed by atoms with Crippen LogP contribution in [0.4, 0.5) is 0 Å². The number of hydrogen-bond acceptors (Lipinski definition) is 3. The van der Waals surface area contributed by atoms with Gasteiger partial charge in [0.15, 0.2) is 0 Å². The Bertz CT molecular complexity index is 775. The highest BCUT2D eigenvalue weighted by molar-refractivity contribution is 7.20. The van der Waals surface area contributed by atoms with Crippen LogP contribution in [-0.4, -0.2) is 33.7 Å². The van der Waals surface area contributed by atoms with E-state index in [0.29, 0.717) is 5.92 Å². The van der Waals surface area contributed by atoms with E-state index in [4.69, 9.17) is 0 Å². The number of rotatable bonds is 3. The molecule has 3 heterocycles. The van der Waals surface area contributed by atoms with Crippen molar-refractivity contribution >= 4 is 27.5 Å². The molecule has 136 valence electrons. The van der Waals surface area contributed by atoms with Gasteiger partial charge in [0.2, 0.25) is 0 Å². The first-order valence-corrected chi connectivity index (χ1v) is 10.6. The number of carbonyl (C=O) groups is 1. The van der Waals surface area contributed by atoms with Crippen LogP contribution in [0.5, 0.6) is 0 Å². The molecule has 0 radical (unpaired) electrons. The van der Waals surface area contributed by atoms with Crippen LogP contribution in [0.2, 0.25) is 0 Å². The fourth-order valence-corrected chi connectivity index (χ4v) is 5.77. The van der Waals surface area contributed by atoms with Gasteiger partial charge in [-0.2, -0.15) is 5.10 Å². The van der Waals surface area contributed by atoms with Crippen LogP contribution < -0.4 is 0 Å². The maximum atomic E-state index is 13.1. The predicted octanol–water partition coefficient (Wildman–Crippen LogP) is 4.71. The summed E-state index contributed by atoms with van der Waals surface area (Å²) in [4.78, 5) is 17.3. The van der Waals surface area contributed by atoms with E-state index in [-0.39, 0.29) is 5.91 Å². The van der Waals surface area contributed by atoms with Gasteiger partial charge in [0.05, 0.1) is 10.6 Å². The molecule has 0 aromatic carbocycles. The number of likely N-dealkylation sites (tertiary alicyclic amines) is 1. The Hall–Kier alpha value is -1.36. The molecule has 0 N–H and O–H groups in total. The first kappa shape index (κ1) is 17.1. The second kappa shape index (κ2) is 6.75. The van der Waals surface area contributed by atoms with E-state index >= 15 is 0 Å². The summed E-state index contributed by atoms with van der Waals surface area (Å²) >= 11 is 1.63. The molecule has 2 aromatic rings. The van der Waals surface area contributed by atoms with Crippen molar-refractivity contribution in [2.45, 2.75) is 59.4 Å². The molecule has 1 aliphatic carbocycles. The molecule has 2 aliphatic rings. The second-order valence-electron chi connectivity index (χ2n) is 8.34. The lowest BCUT2D eigenvalue weighted by Gasteiger charge is -2.41. The standard InChI is InChI=1S/C20H29N3OS/c1-13(2)11-23-20-17(14(3)21-23)10-18(25-20)19(24)22-9-8-15-6-4-5-7-16(15)12-22/h10,13,15-16H,4-9,11-12H2,1-3H3/t15-,16+/m0/s1. The maximum absolute atomic E-state index is 13.1. The van der Waals surface area contributed by atoms with E-state index in [1.807, 2.05) is 6.92 Å². The first-order chi connectivity index (χ1) is 12.0. The molecule has 1 aliphatic heterocycles. The highest BCUT2D eigenvalue weighted by Gasteiger charge is 2.33. The molecule has 2 aromatic heterocycles. The average molecular weight is 360 g/mol. The van der Waals surface area contributed by atoms with Gasteiger partial charge in [-0.1, -0.05) is 33.1 Å². The molecule has 4 rings (SSSR count). The Morgan fingerprint density at radius 3 is 2.80 bits per heavy atom. The Kier molecular flexibility index (Phi) is 4.61. The lowest BCUT2D eigenvalue weighted by atomic mass is 9.75. The van der Waals surface area contributed by atoms with Crippen molar-refractivity contribution in [2.24, 2.45) is 17.8 Å². The maximum Gasteiger partial charge on any atom is 0.264 e. The van der Waals surface area contributed by atoms with E-state index in [0.717, 1.165) is 52.3 Å². The molecule has 2 fully saturated rings. The number of aromatic nitrogens is 2. The third-order valence-corrected chi connectivity index (χ3v) is 7.07. The summed E-state index contributed by atoms with van der Waals surface area (Å²) in [5, 5.41) is 5.81. The van der Waals surface area contributed by atoms with E-state index in [1.54, 1.807) is 11.3 Å². The van der Waals surface area contributed by atoms with E-state index < -0.39 is 0 Å². The van der Waals surface area contributed by atoms with Gasteiger partial charge in [0.25, 0.3) is 5.91 Å². The van der Waals surface area contributed by atoms with Crippen LogP contribution >= 0.6 is 11.3 Å². The summed E-state index contributed by atoms with van der Waals surface area (Å²) < 4.78 is 2.09. The molecule has 0 unspecified atom stereocenters. The third-order valence-electron chi connectivity index (χ3n) is 5.93. The minimum absolute atomic E-state index is 0.237. The lowest BCUT2D eigenvalue weighted by Crippen LogP contribution is -2.44. The Labute approximate surface area is 154 Å². The van der Waals surface area contributed by atoms with Gasteiger partial charge in [0, 0.05) is 25.0 Å². The van der Waals surface area contributed by atoms with Crippen LogP contribution in [0.1, 0.15) is 61.3 Å². The molecule has 0 spiro atoms. The van der Waals surface area contributed by atoms with Gasteiger partial charge >= 0.3 is 0 Å². The number of thiophene rings is 1. The monoisotopic (exact) mass is 359 g/mol. The number of carbonyl (C=O) groups excluding carboxylic acids is 1. The van der Waals surface area contributed by atoms with E-state index in [9.17, 15) is 4.79 Å². The zero-order valence-corrected chi connectivity index (χ0v) is 16.4. The van der Waals surface area contributed by atoms with Crippen molar-refractivity contribution in [3.8, 4) is 0 Å². The number of piperidine rings is 1.